The molecular weight excluding hydrogens is 1080 g/mol. The Morgan fingerprint density at radius 2 is 0.805 bits per heavy atom. The van der Waals surface area contributed by atoms with Crippen LogP contribution in [0.1, 0.15) is 113 Å². The molecule has 30 heteroatoms. The van der Waals surface area contributed by atoms with Crippen molar-refractivity contribution < 1.29 is 82.8 Å². The number of carboxylic acids is 1. The van der Waals surface area contributed by atoms with E-state index in [1.54, 1.807) is 39.8 Å². The third kappa shape index (κ3) is 26.1. The van der Waals surface area contributed by atoms with Crippen LogP contribution in [0, 0.1) is 23.7 Å². The summed E-state index contributed by atoms with van der Waals surface area (Å²) in [5.41, 5.74) is 22.9. The second kappa shape index (κ2) is 35.0. The van der Waals surface area contributed by atoms with Crippen LogP contribution >= 0.6 is 0 Å². The number of phenolic OH excluding ortho intramolecular Hbond substituents is 1. The SMILES string of the molecule is CC(C)C[C@H](NC(=O)[C@H](CO)NC(=O)[C@H](CC(N)=O)NC(=O)[C@@H](NC(=O)[C@H](CCC(N)=O)NC(=O)[C@H](CC(C)C)NC(=O)[C@@H](N)Cc1ccc(O)cc1)C(C)C)C(=O)N[C@@H](CCC(N)=O)C(=O)N[C@H](C(=O)N[C@H](C(=O)O)C(C)C)[C@@H](C)O. The van der Waals surface area contributed by atoms with E-state index in [2.05, 4.69) is 47.9 Å². The molecule has 30 nitrogen and oxygen atoms in total. The van der Waals surface area contributed by atoms with Crippen LogP contribution in [0.5, 0.6) is 5.75 Å². The fourth-order valence-electron chi connectivity index (χ4n) is 7.93. The molecule has 0 spiro atoms. The average molecular weight is 1160 g/mol. The summed E-state index contributed by atoms with van der Waals surface area (Å²) in [5.74, 6) is -15.7. The van der Waals surface area contributed by atoms with Crippen LogP contribution in [0.2, 0.25) is 0 Å². The van der Waals surface area contributed by atoms with Gasteiger partial charge in [0.25, 0.3) is 0 Å². The number of rotatable bonds is 37. The van der Waals surface area contributed by atoms with E-state index >= 15 is 0 Å². The van der Waals surface area contributed by atoms with Gasteiger partial charge in [0.05, 0.1) is 25.2 Å². The molecule has 460 valence electrons. The molecule has 82 heavy (non-hydrogen) atoms. The molecule has 11 atom stereocenters. The van der Waals surface area contributed by atoms with Crippen molar-refractivity contribution in [2.75, 3.05) is 6.61 Å². The number of phenols is 1. The summed E-state index contributed by atoms with van der Waals surface area (Å²) in [4.78, 5) is 171. The van der Waals surface area contributed by atoms with Gasteiger partial charge in [-0.2, -0.15) is 0 Å². The molecule has 0 aliphatic heterocycles. The zero-order chi connectivity index (χ0) is 62.9. The van der Waals surface area contributed by atoms with E-state index in [1.807, 2.05) is 0 Å². The number of aliphatic carboxylic acids is 1. The number of hydrogen-bond donors (Lipinski definition) is 17. The van der Waals surface area contributed by atoms with Gasteiger partial charge in [-0.1, -0.05) is 67.5 Å². The van der Waals surface area contributed by atoms with Crippen LogP contribution in [0.4, 0.5) is 0 Å². The van der Waals surface area contributed by atoms with Gasteiger partial charge in [0.1, 0.15) is 60.1 Å². The second-order valence-electron chi connectivity index (χ2n) is 21.5. The quantitative estimate of drug-likeness (QED) is 0.0296. The number of primary amides is 3. The van der Waals surface area contributed by atoms with Crippen molar-refractivity contribution in [3.05, 3.63) is 29.8 Å². The van der Waals surface area contributed by atoms with Gasteiger partial charge < -0.3 is 91.2 Å². The predicted molar refractivity (Wildman–Crippen MR) is 293 cm³/mol. The zero-order valence-electron chi connectivity index (χ0n) is 47.7. The van der Waals surface area contributed by atoms with E-state index in [9.17, 15) is 82.8 Å². The van der Waals surface area contributed by atoms with Crippen molar-refractivity contribution >= 4 is 76.9 Å². The molecular formula is C52H85N13O17. The fraction of sp³-hybridized carbons (Fsp3) is 0.635. The standard InChI is InChI=1S/C52H85N13O17/c1-23(2)18-33(59-43(72)30(53)20-28-10-12-29(68)13-11-28)46(75)57-31(14-16-37(54)69)44(73)63-40(25(5)6)50(79)61-35(21-39(56)71)48(77)62-36(22-66)49(78)60-34(19-24(3)4)47(76)58-32(15-17-38(55)70)45(74)65-42(27(9)67)51(80)64-41(26(7)8)52(81)82/h10-13,23-27,30-36,40-42,66-68H,14-22,53H2,1-9H3,(H2,54,69)(H2,55,70)(H2,56,71)(H,57,75)(H,58,76)(H,59,72)(H,60,78)(H,61,79)(H,62,77)(H,63,73)(H,64,80)(H,65,74)(H,81,82)/t27-,30+,31+,32+,33+,34+,35+,36+,40+,41+,42+/m1/s1. The van der Waals surface area contributed by atoms with Gasteiger partial charge in [-0.3, -0.25) is 57.5 Å². The minimum absolute atomic E-state index is 0.00154. The molecule has 1 aromatic rings. The van der Waals surface area contributed by atoms with E-state index in [1.165, 1.54) is 39.8 Å². The van der Waals surface area contributed by atoms with Gasteiger partial charge in [0.15, 0.2) is 0 Å². The molecule has 0 fully saturated rings. The maximum atomic E-state index is 14.0. The number of hydrogen-bond acceptors (Lipinski definition) is 17. The molecule has 0 heterocycles. The molecule has 1 rings (SSSR count). The summed E-state index contributed by atoms with van der Waals surface area (Å²) in [7, 11) is 0. The normalized spacial score (nSPS) is 15.3. The Hall–Kier alpha value is -7.99. The van der Waals surface area contributed by atoms with Gasteiger partial charge in [0, 0.05) is 12.8 Å². The molecule has 21 N–H and O–H groups in total. The Morgan fingerprint density at radius 3 is 1.20 bits per heavy atom. The lowest BCUT2D eigenvalue weighted by Gasteiger charge is -2.29. The number of amides is 12. The summed E-state index contributed by atoms with van der Waals surface area (Å²) in [6.45, 7) is 12.8. The van der Waals surface area contributed by atoms with Crippen LogP contribution < -0.4 is 70.8 Å². The number of aliphatic hydroxyl groups excluding tert-OH is 2. The van der Waals surface area contributed by atoms with Gasteiger partial charge in [-0.15, -0.1) is 0 Å². The number of carbonyl (C=O) groups is 13. The lowest BCUT2D eigenvalue weighted by atomic mass is 9.99. The highest BCUT2D eigenvalue weighted by Crippen LogP contribution is 2.14. The van der Waals surface area contributed by atoms with Gasteiger partial charge in [-0.25, -0.2) is 4.79 Å². The highest BCUT2D eigenvalue weighted by Gasteiger charge is 2.38. The Morgan fingerprint density at radius 1 is 0.451 bits per heavy atom. The fourth-order valence-corrected chi connectivity index (χ4v) is 7.93. The highest BCUT2D eigenvalue weighted by molar-refractivity contribution is 6.00. The largest absolute Gasteiger partial charge is 0.508 e. The third-order valence-electron chi connectivity index (χ3n) is 12.4. The highest BCUT2D eigenvalue weighted by atomic mass is 16.4. The molecule has 0 radical (unpaired) electrons. The predicted octanol–water partition coefficient (Wildman–Crippen LogP) is -5.11. The molecule has 1 aromatic carbocycles. The van der Waals surface area contributed by atoms with Crippen molar-refractivity contribution in [2.45, 2.75) is 180 Å². The van der Waals surface area contributed by atoms with E-state index in [0.29, 0.717) is 5.56 Å². The third-order valence-corrected chi connectivity index (χ3v) is 12.4. The lowest BCUT2D eigenvalue weighted by molar-refractivity contribution is -0.144. The van der Waals surface area contributed by atoms with Crippen LogP contribution in [0.15, 0.2) is 24.3 Å². The second-order valence-corrected chi connectivity index (χ2v) is 21.5. The minimum Gasteiger partial charge on any atom is -0.508 e. The summed E-state index contributed by atoms with van der Waals surface area (Å²) in [6, 6.07) is -9.72. The van der Waals surface area contributed by atoms with Crippen LogP contribution in [-0.4, -0.2) is 170 Å². The van der Waals surface area contributed by atoms with Crippen LogP contribution in [-0.2, 0) is 68.7 Å². The monoisotopic (exact) mass is 1160 g/mol. The van der Waals surface area contributed by atoms with Crippen molar-refractivity contribution in [1.82, 2.24) is 47.9 Å². The Kier molecular flexibility index (Phi) is 30.7. The van der Waals surface area contributed by atoms with Crippen molar-refractivity contribution in [3.8, 4) is 5.75 Å². The van der Waals surface area contributed by atoms with Gasteiger partial charge in [-0.05, 0) is 80.4 Å². The molecule has 0 aromatic heterocycles. The van der Waals surface area contributed by atoms with Crippen molar-refractivity contribution in [2.24, 2.45) is 46.6 Å². The number of aliphatic hydroxyl groups is 2. The number of nitrogens with one attached hydrogen (secondary N) is 9. The lowest BCUT2D eigenvalue weighted by Crippen LogP contribution is -2.62. The maximum Gasteiger partial charge on any atom is 0.326 e. The first kappa shape index (κ1) is 72.0. The first-order valence-corrected chi connectivity index (χ1v) is 26.7. The first-order valence-electron chi connectivity index (χ1n) is 26.7. The van der Waals surface area contributed by atoms with E-state index < -0.39 is 188 Å². The summed E-state index contributed by atoms with van der Waals surface area (Å²) >= 11 is 0. The number of carbonyl (C=O) groups excluding carboxylic acids is 12. The van der Waals surface area contributed by atoms with E-state index in [0.717, 1.165) is 6.92 Å². The minimum atomic E-state index is -1.91. The van der Waals surface area contributed by atoms with E-state index in [-0.39, 0.29) is 43.3 Å². The Bertz CT molecular complexity index is 2400. The molecule has 0 saturated heterocycles. The molecule has 0 aliphatic carbocycles. The van der Waals surface area contributed by atoms with Crippen molar-refractivity contribution in [1.29, 1.82) is 0 Å². The van der Waals surface area contributed by atoms with Gasteiger partial charge in [0.2, 0.25) is 70.9 Å². The van der Waals surface area contributed by atoms with Crippen molar-refractivity contribution in [3.63, 3.8) is 0 Å². The zero-order valence-corrected chi connectivity index (χ0v) is 47.7. The van der Waals surface area contributed by atoms with Crippen LogP contribution in [0.3, 0.4) is 0 Å². The summed E-state index contributed by atoms with van der Waals surface area (Å²) in [5, 5.41) is 61.1. The Balaban J connectivity index is 3.40. The molecule has 0 saturated carbocycles. The van der Waals surface area contributed by atoms with Crippen LogP contribution in [0.25, 0.3) is 0 Å². The molecule has 0 bridgehead atoms. The number of carboxylic acid groups (broad SMARTS) is 1. The first-order chi connectivity index (χ1) is 38.1. The number of aromatic hydroxyl groups is 1. The smallest absolute Gasteiger partial charge is 0.326 e. The summed E-state index contributed by atoms with van der Waals surface area (Å²) < 4.78 is 0. The van der Waals surface area contributed by atoms with Gasteiger partial charge >= 0.3 is 5.97 Å². The average Bonchev–Trinajstić information content (AvgIpc) is 3.37. The van der Waals surface area contributed by atoms with E-state index in [4.69, 9.17) is 22.9 Å². The maximum absolute atomic E-state index is 14.0. The number of nitrogens with two attached hydrogens (primary N) is 4. The topological polar surface area (TPSA) is 515 Å². The summed E-state index contributed by atoms with van der Waals surface area (Å²) in [6.07, 6.45) is -4.34. The Labute approximate surface area is 475 Å². The molecule has 12 amide bonds. The molecule has 0 unspecified atom stereocenters. The molecule has 0 aliphatic rings. The number of benzene rings is 1.